The van der Waals surface area contributed by atoms with Gasteiger partial charge in [-0.3, -0.25) is 0 Å². The lowest BCUT2D eigenvalue weighted by atomic mass is 10.1. The normalized spacial score (nSPS) is 13.0. The van der Waals surface area contributed by atoms with E-state index in [1.165, 1.54) is 0 Å². The van der Waals surface area contributed by atoms with Gasteiger partial charge in [0, 0.05) is 17.1 Å². The first-order valence-corrected chi connectivity index (χ1v) is 4.24. The summed E-state index contributed by atoms with van der Waals surface area (Å²) in [6, 6.07) is 7.83. The van der Waals surface area contributed by atoms with E-state index in [1.54, 1.807) is 0 Å². The first-order valence-electron chi connectivity index (χ1n) is 3.45. The number of halogens is 1. The Balaban J connectivity index is 2.86. The average molecular weight is 215 g/mol. The minimum atomic E-state index is -0.0486. The topological polar surface area (TPSA) is 52.0 Å². The quantitative estimate of drug-likeness (QED) is 0.783. The Bertz CT molecular complexity index is 237. The largest absolute Gasteiger partial charge is 0.329 e. The maximum absolute atomic E-state index is 5.72. The molecule has 0 saturated carbocycles. The molecule has 0 heterocycles. The molecular weight excluding hydrogens is 204 g/mol. The first kappa shape index (κ1) is 8.71. The van der Waals surface area contributed by atoms with Gasteiger partial charge in [0.05, 0.1) is 0 Å². The molecule has 0 aliphatic rings. The van der Waals surface area contributed by atoms with Crippen LogP contribution in [0.5, 0.6) is 0 Å². The minimum absolute atomic E-state index is 0.0486. The van der Waals surface area contributed by atoms with Gasteiger partial charge in [-0.15, -0.1) is 0 Å². The van der Waals surface area contributed by atoms with Gasteiger partial charge in [0.25, 0.3) is 0 Å². The van der Waals surface area contributed by atoms with Gasteiger partial charge in [-0.25, -0.2) is 0 Å². The zero-order valence-corrected chi connectivity index (χ0v) is 7.71. The lowest BCUT2D eigenvalue weighted by molar-refractivity contribution is 0.736. The van der Waals surface area contributed by atoms with Crippen LogP contribution < -0.4 is 11.5 Å². The van der Waals surface area contributed by atoms with E-state index in [-0.39, 0.29) is 6.04 Å². The molecule has 0 amide bonds. The Morgan fingerprint density at radius 1 is 1.45 bits per heavy atom. The Hall–Kier alpha value is -0.380. The molecule has 11 heavy (non-hydrogen) atoms. The smallest absolute Gasteiger partial charge is 0.0419 e. The summed E-state index contributed by atoms with van der Waals surface area (Å²) in [6.07, 6.45) is 0. The van der Waals surface area contributed by atoms with E-state index in [1.807, 2.05) is 24.3 Å². The van der Waals surface area contributed by atoms with Crippen molar-refractivity contribution in [2.75, 3.05) is 6.54 Å². The Morgan fingerprint density at radius 2 is 2.18 bits per heavy atom. The fraction of sp³-hybridized carbons (Fsp3) is 0.250. The van der Waals surface area contributed by atoms with E-state index >= 15 is 0 Å². The highest BCUT2D eigenvalue weighted by Gasteiger charge is 2.01. The molecule has 0 aliphatic heterocycles. The highest BCUT2D eigenvalue weighted by molar-refractivity contribution is 9.10. The fourth-order valence-electron chi connectivity index (χ4n) is 0.873. The Kier molecular flexibility index (Phi) is 3.05. The van der Waals surface area contributed by atoms with Crippen LogP contribution in [0.15, 0.2) is 28.7 Å². The maximum atomic E-state index is 5.72. The van der Waals surface area contributed by atoms with E-state index in [0.29, 0.717) is 6.54 Å². The fourth-order valence-corrected chi connectivity index (χ4v) is 1.29. The van der Waals surface area contributed by atoms with Crippen molar-refractivity contribution in [3.8, 4) is 0 Å². The molecule has 1 aromatic rings. The van der Waals surface area contributed by atoms with Gasteiger partial charge in [0.1, 0.15) is 0 Å². The van der Waals surface area contributed by atoms with Crippen molar-refractivity contribution in [1.82, 2.24) is 0 Å². The summed E-state index contributed by atoms with van der Waals surface area (Å²) in [5, 5.41) is 0. The predicted molar refractivity (Wildman–Crippen MR) is 50.1 cm³/mol. The lowest BCUT2D eigenvalue weighted by Crippen LogP contribution is -2.20. The van der Waals surface area contributed by atoms with Gasteiger partial charge in [-0.05, 0) is 17.7 Å². The number of hydrogen-bond acceptors (Lipinski definition) is 2. The van der Waals surface area contributed by atoms with E-state index < -0.39 is 0 Å². The molecule has 1 unspecified atom stereocenters. The SMILES string of the molecule is NCC(N)c1cccc(Br)c1. The van der Waals surface area contributed by atoms with E-state index in [9.17, 15) is 0 Å². The second kappa shape index (κ2) is 3.85. The van der Waals surface area contributed by atoms with Crippen molar-refractivity contribution in [3.63, 3.8) is 0 Å². The van der Waals surface area contributed by atoms with Crippen molar-refractivity contribution in [2.24, 2.45) is 11.5 Å². The van der Waals surface area contributed by atoms with Gasteiger partial charge < -0.3 is 11.5 Å². The molecule has 1 rings (SSSR count). The van der Waals surface area contributed by atoms with Crippen LogP contribution in [0.2, 0.25) is 0 Å². The average Bonchev–Trinajstić information content (AvgIpc) is 2.03. The van der Waals surface area contributed by atoms with Crippen LogP contribution in [0.4, 0.5) is 0 Å². The summed E-state index contributed by atoms with van der Waals surface area (Å²) in [7, 11) is 0. The number of benzene rings is 1. The summed E-state index contributed by atoms with van der Waals surface area (Å²) in [5.74, 6) is 0. The number of rotatable bonds is 2. The zero-order chi connectivity index (χ0) is 8.27. The summed E-state index contributed by atoms with van der Waals surface area (Å²) >= 11 is 3.36. The molecule has 0 saturated heterocycles. The molecule has 0 bridgehead atoms. The molecule has 60 valence electrons. The molecule has 2 nitrogen and oxygen atoms in total. The van der Waals surface area contributed by atoms with E-state index in [0.717, 1.165) is 10.0 Å². The van der Waals surface area contributed by atoms with Gasteiger partial charge in [-0.1, -0.05) is 28.1 Å². The van der Waals surface area contributed by atoms with E-state index in [4.69, 9.17) is 11.5 Å². The predicted octanol–water partition coefficient (Wildman–Crippen LogP) is 1.41. The highest BCUT2D eigenvalue weighted by Crippen LogP contribution is 2.15. The number of nitrogens with two attached hydrogens (primary N) is 2. The van der Waals surface area contributed by atoms with Crippen molar-refractivity contribution in [2.45, 2.75) is 6.04 Å². The third-order valence-corrected chi connectivity index (χ3v) is 2.02. The summed E-state index contributed by atoms with van der Waals surface area (Å²) in [5.41, 5.74) is 12.2. The summed E-state index contributed by atoms with van der Waals surface area (Å²) < 4.78 is 1.04. The molecule has 0 fully saturated rings. The molecule has 0 radical (unpaired) electrons. The van der Waals surface area contributed by atoms with Gasteiger partial charge in [0.15, 0.2) is 0 Å². The van der Waals surface area contributed by atoms with Crippen LogP contribution in [0.1, 0.15) is 11.6 Å². The second-order valence-corrected chi connectivity index (χ2v) is 3.31. The van der Waals surface area contributed by atoms with Crippen LogP contribution in [0.25, 0.3) is 0 Å². The third-order valence-electron chi connectivity index (χ3n) is 1.53. The van der Waals surface area contributed by atoms with E-state index in [2.05, 4.69) is 15.9 Å². The molecule has 1 aromatic carbocycles. The standard InChI is InChI=1S/C8H11BrN2/c9-7-3-1-2-6(4-7)8(11)5-10/h1-4,8H,5,10-11H2. The van der Waals surface area contributed by atoms with Crippen molar-refractivity contribution in [3.05, 3.63) is 34.3 Å². The molecule has 0 aliphatic carbocycles. The highest BCUT2D eigenvalue weighted by atomic mass is 79.9. The molecule has 0 spiro atoms. The lowest BCUT2D eigenvalue weighted by Gasteiger charge is -2.08. The second-order valence-electron chi connectivity index (χ2n) is 2.40. The van der Waals surface area contributed by atoms with Gasteiger partial charge in [0.2, 0.25) is 0 Å². The third kappa shape index (κ3) is 2.29. The van der Waals surface area contributed by atoms with Crippen LogP contribution in [-0.4, -0.2) is 6.54 Å². The van der Waals surface area contributed by atoms with Gasteiger partial charge in [-0.2, -0.15) is 0 Å². The molecular formula is C8H11BrN2. The number of hydrogen-bond donors (Lipinski definition) is 2. The molecule has 1 atom stereocenters. The maximum Gasteiger partial charge on any atom is 0.0419 e. The van der Waals surface area contributed by atoms with Crippen LogP contribution in [0.3, 0.4) is 0 Å². The summed E-state index contributed by atoms with van der Waals surface area (Å²) in [6.45, 7) is 0.483. The summed E-state index contributed by atoms with van der Waals surface area (Å²) in [4.78, 5) is 0. The Labute approximate surface area is 74.7 Å². The van der Waals surface area contributed by atoms with Crippen LogP contribution in [-0.2, 0) is 0 Å². The molecule has 3 heteroatoms. The van der Waals surface area contributed by atoms with Crippen molar-refractivity contribution >= 4 is 15.9 Å². The minimum Gasteiger partial charge on any atom is -0.329 e. The molecule has 4 N–H and O–H groups in total. The molecule has 0 aromatic heterocycles. The van der Waals surface area contributed by atoms with Crippen LogP contribution >= 0.6 is 15.9 Å². The van der Waals surface area contributed by atoms with Crippen LogP contribution in [0, 0.1) is 0 Å². The first-order chi connectivity index (χ1) is 5.24. The van der Waals surface area contributed by atoms with Gasteiger partial charge >= 0.3 is 0 Å². The zero-order valence-electron chi connectivity index (χ0n) is 6.13. The van der Waals surface area contributed by atoms with Crippen molar-refractivity contribution < 1.29 is 0 Å². The van der Waals surface area contributed by atoms with Crippen molar-refractivity contribution in [1.29, 1.82) is 0 Å². The Morgan fingerprint density at radius 3 is 2.73 bits per heavy atom. The monoisotopic (exact) mass is 214 g/mol.